The van der Waals surface area contributed by atoms with Gasteiger partial charge in [-0.3, -0.25) is 4.79 Å². The Labute approximate surface area is 154 Å². The molecule has 0 aliphatic heterocycles. The number of aromatic nitrogens is 2. The maximum atomic E-state index is 12.7. The maximum Gasteiger partial charge on any atom is 0.214 e. The van der Waals surface area contributed by atoms with Crippen molar-refractivity contribution in [1.82, 2.24) is 9.78 Å². The number of carbonyl (C=O) groups excluding carboxylic acids is 1. The highest BCUT2D eigenvalue weighted by molar-refractivity contribution is 6.35. The minimum absolute atomic E-state index is 0.0107. The summed E-state index contributed by atoms with van der Waals surface area (Å²) in [5.74, 6) is -0.339. The van der Waals surface area contributed by atoms with E-state index >= 15 is 0 Å². The lowest BCUT2D eigenvalue weighted by molar-refractivity contribution is 0.103. The van der Waals surface area contributed by atoms with Gasteiger partial charge in [-0.1, -0.05) is 53.0 Å². The normalized spacial score (nSPS) is 10.5. The first kappa shape index (κ1) is 17.0. The molecular formula is C18H12Cl2N4O. The van der Waals surface area contributed by atoms with Gasteiger partial charge in [-0.25, -0.2) is 4.68 Å². The van der Waals surface area contributed by atoms with E-state index in [1.165, 1.54) is 10.7 Å². The molecule has 0 spiro atoms. The Morgan fingerprint density at radius 3 is 2.48 bits per heavy atom. The van der Waals surface area contributed by atoms with Gasteiger partial charge in [0.15, 0.2) is 5.69 Å². The summed E-state index contributed by atoms with van der Waals surface area (Å²) < 4.78 is 1.28. The summed E-state index contributed by atoms with van der Waals surface area (Å²) in [6, 6.07) is 13.7. The van der Waals surface area contributed by atoms with E-state index in [1.807, 2.05) is 25.1 Å². The second-order valence-electron chi connectivity index (χ2n) is 5.42. The van der Waals surface area contributed by atoms with Crippen LogP contribution in [0.1, 0.15) is 27.2 Å². The summed E-state index contributed by atoms with van der Waals surface area (Å²) in [5, 5.41) is 14.4. The second kappa shape index (κ2) is 6.60. The molecule has 0 aliphatic rings. The third kappa shape index (κ3) is 3.10. The molecule has 1 aromatic heterocycles. The molecule has 0 aliphatic carbocycles. The Balaban J connectivity index is 2.14. The number of nitrogen functional groups attached to an aromatic ring is 1. The fourth-order valence-electron chi connectivity index (χ4n) is 2.38. The average molecular weight is 371 g/mol. The summed E-state index contributed by atoms with van der Waals surface area (Å²) in [4.78, 5) is 12.7. The van der Waals surface area contributed by atoms with E-state index < -0.39 is 0 Å². The van der Waals surface area contributed by atoms with Crippen LogP contribution in [0.5, 0.6) is 0 Å². The summed E-state index contributed by atoms with van der Waals surface area (Å²) >= 11 is 12.1. The van der Waals surface area contributed by atoms with Crippen LogP contribution >= 0.6 is 23.2 Å². The van der Waals surface area contributed by atoms with Gasteiger partial charge in [0, 0.05) is 10.6 Å². The minimum Gasteiger partial charge on any atom is -0.382 e. The van der Waals surface area contributed by atoms with E-state index in [0.29, 0.717) is 21.3 Å². The molecule has 0 unspecified atom stereocenters. The van der Waals surface area contributed by atoms with Crippen molar-refractivity contribution in [3.05, 3.63) is 74.9 Å². The highest BCUT2D eigenvalue weighted by Gasteiger charge is 2.24. The monoisotopic (exact) mass is 370 g/mol. The molecule has 0 atom stereocenters. The number of nitrogens with zero attached hydrogens (tertiary/aromatic N) is 3. The summed E-state index contributed by atoms with van der Waals surface area (Å²) in [6.45, 7) is 1.92. The third-order valence-corrected chi connectivity index (χ3v) is 4.24. The van der Waals surface area contributed by atoms with Gasteiger partial charge >= 0.3 is 0 Å². The largest absolute Gasteiger partial charge is 0.382 e. The molecule has 0 amide bonds. The molecule has 3 rings (SSSR count). The molecule has 0 bridgehead atoms. The fraction of sp³-hybridized carbons (Fsp3) is 0.0556. The number of anilines is 1. The van der Waals surface area contributed by atoms with Gasteiger partial charge < -0.3 is 5.73 Å². The van der Waals surface area contributed by atoms with E-state index in [4.69, 9.17) is 28.9 Å². The van der Waals surface area contributed by atoms with Crippen molar-refractivity contribution in [1.29, 1.82) is 5.26 Å². The van der Waals surface area contributed by atoms with Gasteiger partial charge in [0.05, 0.1) is 10.7 Å². The van der Waals surface area contributed by atoms with Crippen LogP contribution in [-0.4, -0.2) is 15.6 Å². The number of hydrogen-bond donors (Lipinski definition) is 1. The van der Waals surface area contributed by atoms with Crippen molar-refractivity contribution in [2.75, 3.05) is 5.73 Å². The van der Waals surface area contributed by atoms with E-state index in [9.17, 15) is 10.1 Å². The van der Waals surface area contributed by atoms with Gasteiger partial charge in [0.1, 0.15) is 17.5 Å². The number of benzene rings is 2. The lowest BCUT2D eigenvalue weighted by Gasteiger charge is -2.06. The first-order valence-corrected chi connectivity index (χ1v) is 8.03. The lowest BCUT2D eigenvalue weighted by Crippen LogP contribution is -2.06. The zero-order valence-electron chi connectivity index (χ0n) is 13.1. The van der Waals surface area contributed by atoms with Gasteiger partial charge in [-0.2, -0.15) is 10.4 Å². The summed E-state index contributed by atoms with van der Waals surface area (Å²) in [5.41, 5.74) is 7.90. The number of hydrogen-bond acceptors (Lipinski definition) is 4. The molecular weight excluding hydrogens is 359 g/mol. The van der Waals surface area contributed by atoms with Crippen molar-refractivity contribution in [2.24, 2.45) is 0 Å². The SMILES string of the molecule is Cc1ccc(C(=O)c2nn(-c3ccc(Cl)cc3Cl)c(N)c2C#N)cc1. The number of carbonyl (C=O) groups is 1. The molecule has 1 heterocycles. The average Bonchev–Trinajstić information content (AvgIpc) is 2.91. The topological polar surface area (TPSA) is 84.7 Å². The van der Waals surface area contributed by atoms with Crippen molar-refractivity contribution in [3.63, 3.8) is 0 Å². The molecule has 124 valence electrons. The molecule has 2 aromatic carbocycles. The standard InChI is InChI=1S/C18H12Cl2N4O/c1-10-2-4-11(5-3-10)17(25)16-13(9-21)18(22)24(23-16)15-7-6-12(19)8-14(15)20/h2-8H,22H2,1H3. The zero-order valence-corrected chi connectivity index (χ0v) is 14.6. The Hall–Kier alpha value is -2.81. The summed E-state index contributed by atoms with van der Waals surface area (Å²) in [7, 11) is 0. The lowest BCUT2D eigenvalue weighted by atomic mass is 10.0. The zero-order chi connectivity index (χ0) is 18.1. The highest BCUT2D eigenvalue weighted by Crippen LogP contribution is 2.29. The second-order valence-corrected chi connectivity index (χ2v) is 6.27. The van der Waals surface area contributed by atoms with Crippen LogP contribution in [0.2, 0.25) is 10.0 Å². The molecule has 0 fully saturated rings. The van der Waals surface area contributed by atoms with E-state index in [-0.39, 0.29) is 22.9 Å². The number of halogens is 2. The molecule has 0 radical (unpaired) electrons. The van der Waals surface area contributed by atoms with Gasteiger partial charge in [-0.15, -0.1) is 0 Å². The van der Waals surface area contributed by atoms with Crippen LogP contribution in [0.25, 0.3) is 5.69 Å². The van der Waals surface area contributed by atoms with Crippen LogP contribution < -0.4 is 5.73 Å². The van der Waals surface area contributed by atoms with E-state index in [0.717, 1.165) is 5.56 Å². The van der Waals surface area contributed by atoms with Crippen molar-refractivity contribution >= 4 is 34.8 Å². The van der Waals surface area contributed by atoms with Crippen LogP contribution in [0.3, 0.4) is 0 Å². The number of ketones is 1. The van der Waals surface area contributed by atoms with Crippen molar-refractivity contribution in [2.45, 2.75) is 6.92 Å². The number of aryl methyl sites for hydroxylation is 1. The Kier molecular flexibility index (Phi) is 4.49. The van der Waals surface area contributed by atoms with Crippen molar-refractivity contribution < 1.29 is 4.79 Å². The third-order valence-electron chi connectivity index (χ3n) is 3.70. The molecule has 3 aromatic rings. The summed E-state index contributed by atoms with van der Waals surface area (Å²) in [6.07, 6.45) is 0. The first-order valence-electron chi connectivity index (χ1n) is 7.27. The van der Waals surface area contributed by atoms with Crippen molar-refractivity contribution in [3.8, 4) is 11.8 Å². The molecule has 7 heteroatoms. The van der Waals surface area contributed by atoms with Gasteiger partial charge in [0.25, 0.3) is 0 Å². The van der Waals surface area contributed by atoms with Gasteiger partial charge in [-0.05, 0) is 25.1 Å². The number of nitriles is 1. The highest BCUT2D eigenvalue weighted by atomic mass is 35.5. The fourth-order valence-corrected chi connectivity index (χ4v) is 2.87. The molecule has 25 heavy (non-hydrogen) atoms. The quantitative estimate of drug-likeness (QED) is 0.701. The molecule has 2 N–H and O–H groups in total. The van der Waals surface area contributed by atoms with Crippen LogP contribution in [0, 0.1) is 18.3 Å². The number of nitrogens with two attached hydrogens (primary N) is 1. The van der Waals surface area contributed by atoms with Crippen LogP contribution in [0.4, 0.5) is 5.82 Å². The van der Waals surface area contributed by atoms with Crippen LogP contribution in [0.15, 0.2) is 42.5 Å². The Bertz CT molecular complexity index is 1020. The molecule has 5 nitrogen and oxygen atoms in total. The molecule has 0 saturated heterocycles. The predicted molar refractivity (Wildman–Crippen MR) is 97.3 cm³/mol. The van der Waals surface area contributed by atoms with Crippen LogP contribution in [-0.2, 0) is 0 Å². The smallest absolute Gasteiger partial charge is 0.214 e. The van der Waals surface area contributed by atoms with Gasteiger partial charge in [0.2, 0.25) is 5.78 Å². The Morgan fingerprint density at radius 2 is 1.88 bits per heavy atom. The first-order chi connectivity index (χ1) is 11.9. The minimum atomic E-state index is -0.382. The Morgan fingerprint density at radius 1 is 1.20 bits per heavy atom. The maximum absolute atomic E-state index is 12.7. The van der Waals surface area contributed by atoms with E-state index in [1.54, 1.807) is 24.3 Å². The van der Waals surface area contributed by atoms with E-state index in [2.05, 4.69) is 5.10 Å². The molecule has 0 saturated carbocycles. The predicted octanol–water partition coefficient (Wildman–Crippen LogP) is 4.17. The number of rotatable bonds is 3.